The van der Waals surface area contributed by atoms with Crippen molar-refractivity contribution in [2.45, 2.75) is 24.2 Å². The van der Waals surface area contributed by atoms with Crippen molar-refractivity contribution < 1.29 is 13.2 Å². The Morgan fingerprint density at radius 1 is 1.07 bits per heavy atom. The molecule has 0 amide bonds. The molecule has 1 saturated carbocycles. The van der Waals surface area contributed by atoms with Crippen molar-refractivity contribution in [2.24, 2.45) is 0 Å². The maximum absolute atomic E-state index is 14.2. The van der Waals surface area contributed by atoms with Crippen LogP contribution in [0.1, 0.15) is 18.5 Å². The normalized spacial score (nSPS) is 16.9. The lowest BCUT2D eigenvalue weighted by Crippen LogP contribution is -2.54. The topological polar surface area (TPSA) is 79.4 Å². The number of fused-ring (bicyclic) bond motifs is 1. The van der Waals surface area contributed by atoms with Crippen LogP contribution >= 0.6 is 0 Å². The molecule has 3 aromatic heterocycles. The summed E-state index contributed by atoms with van der Waals surface area (Å²) in [6.07, 6.45) is 2.23. The summed E-state index contributed by atoms with van der Waals surface area (Å²) in [6, 6.07) is 12.0. The third kappa shape index (κ3) is 3.26. The van der Waals surface area contributed by atoms with Gasteiger partial charge in [-0.25, -0.2) is 13.2 Å². The van der Waals surface area contributed by atoms with Gasteiger partial charge in [0.05, 0.1) is 23.1 Å². The molecule has 30 heavy (non-hydrogen) atoms. The summed E-state index contributed by atoms with van der Waals surface area (Å²) < 4.78 is 41.6. The summed E-state index contributed by atoms with van der Waals surface area (Å²) in [5, 5.41) is 19.2. The molecule has 1 aliphatic rings. The van der Waals surface area contributed by atoms with E-state index in [0.717, 1.165) is 16.5 Å². The van der Waals surface area contributed by atoms with Crippen LogP contribution in [0.5, 0.6) is 0 Å². The molecule has 3 heterocycles. The number of rotatable bonds is 5. The highest BCUT2D eigenvalue weighted by Crippen LogP contribution is 2.53. The van der Waals surface area contributed by atoms with Gasteiger partial charge in [0, 0.05) is 41.9 Å². The Hall–Kier alpha value is -3.49. The van der Waals surface area contributed by atoms with Crippen molar-refractivity contribution in [2.75, 3.05) is 11.9 Å². The van der Waals surface area contributed by atoms with Gasteiger partial charge in [-0.3, -0.25) is 10.1 Å². The Morgan fingerprint density at radius 2 is 1.93 bits per heavy atom. The van der Waals surface area contributed by atoms with Gasteiger partial charge in [0.2, 0.25) is 5.92 Å². The number of H-pyrrole nitrogens is 1. The van der Waals surface area contributed by atoms with Gasteiger partial charge in [0.15, 0.2) is 0 Å². The number of anilines is 1. The zero-order valence-corrected chi connectivity index (χ0v) is 15.7. The Bertz CT molecular complexity index is 1200. The minimum Gasteiger partial charge on any atom is -0.368 e. The predicted octanol–water partition coefficient (Wildman–Crippen LogP) is 4.33. The maximum atomic E-state index is 14.2. The second-order valence-electron chi connectivity index (χ2n) is 7.65. The highest BCUT2D eigenvalue weighted by atomic mass is 19.3. The van der Waals surface area contributed by atoms with E-state index in [1.165, 1.54) is 18.3 Å². The minimum absolute atomic E-state index is 0.0569. The van der Waals surface area contributed by atoms with Gasteiger partial charge in [0.25, 0.3) is 0 Å². The summed E-state index contributed by atoms with van der Waals surface area (Å²) in [5.41, 5.74) is 1.45. The molecule has 5 rings (SSSR count). The van der Waals surface area contributed by atoms with Crippen molar-refractivity contribution in [3.63, 3.8) is 0 Å². The number of nitrogens with zero attached hydrogens (tertiary/aromatic N) is 4. The van der Waals surface area contributed by atoms with E-state index in [2.05, 4.69) is 30.7 Å². The van der Waals surface area contributed by atoms with Crippen LogP contribution in [-0.4, -0.2) is 37.8 Å². The fourth-order valence-corrected chi connectivity index (χ4v) is 4.03. The molecule has 0 saturated heterocycles. The summed E-state index contributed by atoms with van der Waals surface area (Å²) >= 11 is 0. The molecule has 0 atom stereocenters. The SMILES string of the molecule is Fc1cccnc1C1(CNc2ccc(-c3ccc4[nH]ncc4c3)nn2)CC(F)(F)C1. The highest BCUT2D eigenvalue weighted by Gasteiger charge is 2.59. The molecular weight excluding hydrogens is 393 g/mol. The van der Waals surface area contributed by atoms with Gasteiger partial charge in [-0.05, 0) is 36.4 Å². The van der Waals surface area contributed by atoms with E-state index in [9.17, 15) is 13.2 Å². The second kappa shape index (κ2) is 6.79. The van der Waals surface area contributed by atoms with Crippen LogP contribution in [0.15, 0.2) is 54.9 Å². The van der Waals surface area contributed by atoms with Crippen molar-refractivity contribution in [3.05, 3.63) is 66.4 Å². The van der Waals surface area contributed by atoms with Gasteiger partial charge in [-0.15, -0.1) is 10.2 Å². The third-order valence-corrected chi connectivity index (χ3v) is 5.46. The maximum Gasteiger partial charge on any atom is 0.250 e. The lowest BCUT2D eigenvalue weighted by molar-refractivity contribution is -0.124. The molecule has 6 nitrogen and oxygen atoms in total. The quantitative estimate of drug-likeness (QED) is 0.512. The number of aromatic amines is 1. The molecule has 4 aromatic rings. The Labute approximate surface area is 169 Å². The van der Waals surface area contributed by atoms with Crippen molar-refractivity contribution in [1.29, 1.82) is 0 Å². The minimum atomic E-state index is -2.83. The number of pyridine rings is 1. The standard InChI is InChI=1S/C21H17F3N6/c22-15-2-1-7-25-19(15)20(10-21(23,24)11-20)12-26-18-6-5-16(29-30-18)13-3-4-17-14(8-13)9-27-28-17/h1-9H,10-12H2,(H,26,30)(H,27,28). The molecule has 1 aliphatic carbocycles. The van der Waals surface area contributed by atoms with Gasteiger partial charge in [0.1, 0.15) is 11.6 Å². The zero-order valence-electron chi connectivity index (χ0n) is 15.7. The van der Waals surface area contributed by atoms with E-state index in [-0.39, 0.29) is 12.2 Å². The van der Waals surface area contributed by atoms with Crippen LogP contribution in [0, 0.1) is 5.82 Å². The van der Waals surface area contributed by atoms with Crippen molar-refractivity contribution in [1.82, 2.24) is 25.4 Å². The Morgan fingerprint density at radius 3 is 2.67 bits per heavy atom. The van der Waals surface area contributed by atoms with Crippen LogP contribution in [0.25, 0.3) is 22.2 Å². The largest absolute Gasteiger partial charge is 0.368 e. The lowest BCUT2D eigenvalue weighted by Gasteiger charge is -2.47. The molecule has 0 radical (unpaired) electrons. The molecule has 2 N–H and O–H groups in total. The van der Waals surface area contributed by atoms with Crippen LogP contribution in [0.3, 0.4) is 0 Å². The van der Waals surface area contributed by atoms with Crippen molar-refractivity contribution in [3.8, 4) is 11.3 Å². The van der Waals surface area contributed by atoms with Gasteiger partial charge >= 0.3 is 0 Å². The van der Waals surface area contributed by atoms with Crippen LogP contribution in [-0.2, 0) is 5.41 Å². The van der Waals surface area contributed by atoms with Gasteiger partial charge < -0.3 is 5.32 Å². The van der Waals surface area contributed by atoms with E-state index in [1.807, 2.05) is 18.2 Å². The average molecular weight is 410 g/mol. The number of hydrogen-bond donors (Lipinski definition) is 2. The Kier molecular flexibility index (Phi) is 4.19. The van der Waals surface area contributed by atoms with E-state index in [1.54, 1.807) is 18.3 Å². The monoisotopic (exact) mass is 410 g/mol. The smallest absolute Gasteiger partial charge is 0.250 e. The summed E-state index contributed by atoms with van der Waals surface area (Å²) in [7, 11) is 0. The number of aromatic nitrogens is 5. The number of alkyl halides is 2. The number of halogens is 3. The van der Waals surface area contributed by atoms with E-state index in [0.29, 0.717) is 11.5 Å². The van der Waals surface area contributed by atoms with Gasteiger partial charge in [-0.2, -0.15) is 5.10 Å². The summed E-state index contributed by atoms with van der Waals surface area (Å²) in [4.78, 5) is 4.03. The fourth-order valence-electron chi connectivity index (χ4n) is 4.03. The first kappa shape index (κ1) is 18.5. The van der Waals surface area contributed by atoms with Crippen LogP contribution < -0.4 is 5.32 Å². The molecule has 9 heteroatoms. The van der Waals surface area contributed by atoms with E-state index >= 15 is 0 Å². The molecule has 1 aromatic carbocycles. The molecule has 0 aliphatic heterocycles. The molecule has 152 valence electrons. The van der Waals surface area contributed by atoms with E-state index in [4.69, 9.17) is 0 Å². The first-order valence-corrected chi connectivity index (χ1v) is 9.44. The lowest BCUT2D eigenvalue weighted by atomic mass is 9.63. The molecule has 0 spiro atoms. The Balaban J connectivity index is 1.34. The molecular formula is C21H17F3N6. The predicted molar refractivity (Wildman–Crippen MR) is 106 cm³/mol. The number of hydrogen-bond acceptors (Lipinski definition) is 5. The second-order valence-corrected chi connectivity index (χ2v) is 7.65. The summed E-state index contributed by atoms with van der Waals surface area (Å²) in [6.45, 7) is 0.0888. The van der Waals surface area contributed by atoms with Crippen LogP contribution in [0.2, 0.25) is 0 Å². The molecule has 0 bridgehead atoms. The third-order valence-electron chi connectivity index (χ3n) is 5.46. The van der Waals surface area contributed by atoms with Gasteiger partial charge in [-0.1, -0.05) is 6.07 Å². The average Bonchev–Trinajstić information content (AvgIpc) is 3.19. The fraction of sp³-hybridized carbons (Fsp3) is 0.238. The van der Waals surface area contributed by atoms with E-state index < -0.39 is 30.0 Å². The first-order valence-electron chi connectivity index (χ1n) is 9.44. The molecule has 0 unspecified atom stereocenters. The summed E-state index contributed by atoms with van der Waals surface area (Å²) in [5.74, 6) is -2.98. The first-order chi connectivity index (χ1) is 14.4. The molecule has 1 fully saturated rings. The van der Waals surface area contributed by atoms with Crippen molar-refractivity contribution >= 4 is 16.7 Å². The number of benzene rings is 1. The van der Waals surface area contributed by atoms with Crippen LogP contribution in [0.4, 0.5) is 19.0 Å². The highest BCUT2D eigenvalue weighted by molar-refractivity contribution is 5.83. The number of nitrogens with one attached hydrogen (secondary N) is 2. The zero-order chi connectivity index (χ0) is 20.8.